The zero-order valence-electron chi connectivity index (χ0n) is 9.51. The molecule has 2 aromatic rings. The highest BCUT2D eigenvalue weighted by molar-refractivity contribution is 7.14. The standard InChI is InChI=1S/C11H14N4OS/c1-2-10-13-5-6-15(10)7-8-3-4-9(17-8)11(16)14-12/h3-6H,2,7,12H2,1H3,(H,14,16). The number of carbonyl (C=O) groups excluding carboxylic acids is 1. The average Bonchev–Trinajstić information content (AvgIpc) is 2.97. The van der Waals surface area contributed by atoms with Crippen LogP contribution < -0.4 is 11.3 Å². The molecule has 5 nitrogen and oxygen atoms in total. The first-order chi connectivity index (χ1) is 8.24. The quantitative estimate of drug-likeness (QED) is 0.486. The maximum absolute atomic E-state index is 11.3. The highest BCUT2D eigenvalue weighted by Gasteiger charge is 2.08. The van der Waals surface area contributed by atoms with Gasteiger partial charge >= 0.3 is 0 Å². The van der Waals surface area contributed by atoms with Gasteiger partial charge in [-0.1, -0.05) is 6.92 Å². The fourth-order valence-electron chi connectivity index (χ4n) is 1.62. The van der Waals surface area contributed by atoms with Crippen LogP contribution in [0.25, 0.3) is 0 Å². The van der Waals surface area contributed by atoms with E-state index < -0.39 is 0 Å². The number of imidazole rings is 1. The highest BCUT2D eigenvalue weighted by Crippen LogP contribution is 2.18. The van der Waals surface area contributed by atoms with Crippen LogP contribution in [0.1, 0.15) is 27.3 Å². The van der Waals surface area contributed by atoms with Gasteiger partial charge < -0.3 is 4.57 Å². The van der Waals surface area contributed by atoms with Gasteiger partial charge in [0.25, 0.3) is 5.91 Å². The Morgan fingerprint density at radius 1 is 1.59 bits per heavy atom. The van der Waals surface area contributed by atoms with Crippen LogP contribution in [0, 0.1) is 0 Å². The minimum absolute atomic E-state index is 0.248. The van der Waals surface area contributed by atoms with Crippen molar-refractivity contribution >= 4 is 17.2 Å². The van der Waals surface area contributed by atoms with E-state index in [9.17, 15) is 4.79 Å². The number of nitrogens with one attached hydrogen (secondary N) is 1. The van der Waals surface area contributed by atoms with Gasteiger partial charge in [0.1, 0.15) is 5.82 Å². The van der Waals surface area contributed by atoms with Crippen molar-refractivity contribution in [1.29, 1.82) is 0 Å². The second-order valence-corrected chi connectivity index (χ2v) is 4.73. The van der Waals surface area contributed by atoms with E-state index in [0.717, 1.165) is 23.7 Å². The maximum Gasteiger partial charge on any atom is 0.275 e. The van der Waals surface area contributed by atoms with Gasteiger partial charge in [-0.2, -0.15) is 0 Å². The van der Waals surface area contributed by atoms with Gasteiger partial charge in [-0.3, -0.25) is 10.2 Å². The van der Waals surface area contributed by atoms with Gasteiger partial charge in [-0.15, -0.1) is 11.3 Å². The smallest absolute Gasteiger partial charge is 0.275 e. The summed E-state index contributed by atoms with van der Waals surface area (Å²) in [7, 11) is 0. The third-order valence-electron chi connectivity index (χ3n) is 2.46. The van der Waals surface area contributed by atoms with E-state index in [-0.39, 0.29) is 5.91 Å². The Balaban J connectivity index is 2.14. The first-order valence-electron chi connectivity index (χ1n) is 5.34. The van der Waals surface area contributed by atoms with Crippen molar-refractivity contribution in [2.75, 3.05) is 0 Å². The number of carbonyl (C=O) groups is 1. The first kappa shape index (κ1) is 11.8. The molecule has 90 valence electrons. The summed E-state index contributed by atoms with van der Waals surface area (Å²) in [4.78, 5) is 17.3. The number of rotatable bonds is 4. The molecular formula is C11H14N4OS. The summed E-state index contributed by atoms with van der Waals surface area (Å²) >= 11 is 1.44. The summed E-state index contributed by atoms with van der Waals surface area (Å²) in [6.45, 7) is 2.81. The second-order valence-electron chi connectivity index (χ2n) is 3.56. The zero-order chi connectivity index (χ0) is 12.3. The highest BCUT2D eigenvalue weighted by atomic mass is 32.1. The van der Waals surface area contributed by atoms with Gasteiger partial charge in [0, 0.05) is 23.7 Å². The number of aryl methyl sites for hydroxylation is 1. The van der Waals surface area contributed by atoms with E-state index in [1.54, 1.807) is 12.3 Å². The molecule has 1 amide bonds. The molecule has 0 radical (unpaired) electrons. The van der Waals surface area contributed by atoms with Gasteiger partial charge in [-0.25, -0.2) is 10.8 Å². The van der Waals surface area contributed by atoms with E-state index in [1.807, 2.05) is 12.3 Å². The maximum atomic E-state index is 11.3. The number of amides is 1. The van der Waals surface area contributed by atoms with E-state index in [0.29, 0.717) is 4.88 Å². The summed E-state index contributed by atoms with van der Waals surface area (Å²) in [5.41, 5.74) is 2.13. The van der Waals surface area contributed by atoms with Crippen LogP contribution in [0.15, 0.2) is 24.5 Å². The Hall–Kier alpha value is -1.66. The van der Waals surface area contributed by atoms with E-state index in [2.05, 4.69) is 21.9 Å². The number of hydrazine groups is 1. The van der Waals surface area contributed by atoms with Gasteiger partial charge in [-0.05, 0) is 12.1 Å². The van der Waals surface area contributed by atoms with E-state index in [1.165, 1.54) is 11.3 Å². The number of nitrogens with zero attached hydrogens (tertiary/aromatic N) is 2. The Morgan fingerprint density at radius 3 is 3.12 bits per heavy atom. The van der Waals surface area contributed by atoms with Crippen molar-refractivity contribution in [1.82, 2.24) is 15.0 Å². The predicted octanol–water partition coefficient (Wildman–Crippen LogP) is 1.16. The van der Waals surface area contributed by atoms with Crippen LogP contribution in [0.2, 0.25) is 0 Å². The molecule has 6 heteroatoms. The van der Waals surface area contributed by atoms with Crippen molar-refractivity contribution in [3.8, 4) is 0 Å². The summed E-state index contributed by atoms with van der Waals surface area (Å²) in [6, 6.07) is 3.72. The second kappa shape index (κ2) is 5.11. The molecule has 0 aliphatic carbocycles. The summed E-state index contributed by atoms with van der Waals surface area (Å²) in [5, 5.41) is 0. The topological polar surface area (TPSA) is 72.9 Å². The molecular weight excluding hydrogens is 236 g/mol. The van der Waals surface area contributed by atoms with Crippen molar-refractivity contribution in [3.63, 3.8) is 0 Å². The fourth-order valence-corrected chi connectivity index (χ4v) is 2.53. The average molecular weight is 250 g/mol. The summed E-state index contributed by atoms with van der Waals surface area (Å²) in [6.07, 6.45) is 4.63. The number of thiophene rings is 1. The lowest BCUT2D eigenvalue weighted by Gasteiger charge is -2.03. The fraction of sp³-hybridized carbons (Fsp3) is 0.273. The molecule has 3 N–H and O–H groups in total. The van der Waals surface area contributed by atoms with E-state index in [4.69, 9.17) is 5.84 Å². The SMILES string of the molecule is CCc1nccn1Cc1ccc(C(=O)NN)s1. The molecule has 0 spiro atoms. The van der Waals surface area contributed by atoms with Crippen LogP contribution in [-0.2, 0) is 13.0 Å². The monoisotopic (exact) mass is 250 g/mol. The molecule has 0 aliphatic heterocycles. The minimum Gasteiger partial charge on any atom is -0.330 e. The van der Waals surface area contributed by atoms with Crippen molar-refractivity contribution in [2.45, 2.75) is 19.9 Å². The predicted molar refractivity (Wildman–Crippen MR) is 66.7 cm³/mol. The lowest BCUT2D eigenvalue weighted by atomic mass is 10.4. The number of nitrogen functional groups attached to an aromatic ring is 1. The molecule has 0 saturated heterocycles. The number of nitrogens with two attached hydrogens (primary N) is 1. The van der Waals surface area contributed by atoms with Gasteiger partial charge in [0.05, 0.1) is 11.4 Å². The Labute approximate surface area is 103 Å². The molecule has 17 heavy (non-hydrogen) atoms. The molecule has 0 unspecified atom stereocenters. The van der Waals surface area contributed by atoms with Crippen LogP contribution in [0.4, 0.5) is 0 Å². The third kappa shape index (κ3) is 2.54. The lowest BCUT2D eigenvalue weighted by molar-refractivity contribution is 0.0957. The van der Waals surface area contributed by atoms with Crippen LogP contribution >= 0.6 is 11.3 Å². The molecule has 0 atom stereocenters. The van der Waals surface area contributed by atoms with Crippen LogP contribution in [-0.4, -0.2) is 15.5 Å². The Bertz CT molecular complexity index is 517. The number of hydrogen-bond acceptors (Lipinski definition) is 4. The summed E-state index contributed by atoms with van der Waals surface area (Å²) in [5.74, 6) is 5.88. The normalized spacial score (nSPS) is 10.5. The largest absolute Gasteiger partial charge is 0.330 e. The van der Waals surface area contributed by atoms with Gasteiger partial charge in [0.2, 0.25) is 0 Å². The summed E-state index contributed by atoms with van der Waals surface area (Å²) < 4.78 is 2.08. The Morgan fingerprint density at radius 2 is 2.41 bits per heavy atom. The number of aromatic nitrogens is 2. The number of hydrogen-bond donors (Lipinski definition) is 2. The molecule has 2 heterocycles. The van der Waals surface area contributed by atoms with Crippen LogP contribution in [0.5, 0.6) is 0 Å². The molecule has 0 aliphatic rings. The Kier molecular flexibility index (Phi) is 3.55. The third-order valence-corrected chi connectivity index (χ3v) is 3.53. The first-order valence-corrected chi connectivity index (χ1v) is 6.16. The molecule has 0 aromatic carbocycles. The molecule has 2 rings (SSSR count). The lowest BCUT2D eigenvalue weighted by Crippen LogP contribution is -2.29. The zero-order valence-corrected chi connectivity index (χ0v) is 10.3. The minimum atomic E-state index is -0.248. The molecule has 0 saturated carbocycles. The van der Waals surface area contributed by atoms with Gasteiger partial charge in [0.15, 0.2) is 0 Å². The van der Waals surface area contributed by atoms with Crippen molar-refractivity contribution < 1.29 is 4.79 Å². The molecule has 0 bridgehead atoms. The molecule has 2 aromatic heterocycles. The van der Waals surface area contributed by atoms with E-state index >= 15 is 0 Å². The van der Waals surface area contributed by atoms with Crippen LogP contribution in [0.3, 0.4) is 0 Å². The van der Waals surface area contributed by atoms with Crippen molar-refractivity contribution in [3.05, 3.63) is 40.1 Å². The van der Waals surface area contributed by atoms with Crippen molar-refractivity contribution in [2.24, 2.45) is 5.84 Å². The molecule has 0 fully saturated rings.